The molecule has 0 atom stereocenters. The minimum Gasteiger partial charge on any atom is -0.323 e. The summed E-state index contributed by atoms with van der Waals surface area (Å²) < 4.78 is 15.3. The number of hydrogen-bond acceptors (Lipinski definition) is 5. The highest BCUT2D eigenvalue weighted by atomic mass is 32.2. The summed E-state index contributed by atoms with van der Waals surface area (Å²) in [7, 11) is 0. The number of carbonyl (C=O) groups is 1. The molecule has 1 amide bonds. The summed E-state index contributed by atoms with van der Waals surface area (Å²) in [5, 5.41) is 7.43. The number of nitrogens with one attached hydrogen (secondary N) is 2. The average Bonchev–Trinajstić information content (AvgIpc) is 3.13. The Kier molecular flexibility index (Phi) is 5.13. The smallest absolute Gasteiger partial charge is 0.262 e. The molecule has 0 fully saturated rings. The number of thioether (sulfide) groups is 1. The van der Waals surface area contributed by atoms with Gasteiger partial charge in [-0.05, 0) is 30.7 Å². The quantitative estimate of drug-likeness (QED) is 0.390. The second-order valence-corrected chi connectivity index (χ2v) is 7.23. The van der Waals surface area contributed by atoms with E-state index in [9.17, 15) is 14.0 Å². The van der Waals surface area contributed by atoms with Crippen LogP contribution in [0.2, 0.25) is 0 Å². The largest absolute Gasteiger partial charge is 0.323 e. The summed E-state index contributed by atoms with van der Waals surface area (Å²) in [6.07, 6.45) is 1.47. The third kappa shape index (κ3) is 3.90. The van der Waals surface area contributed by atoms with Crippen LogP contribution in [0.5, 0.6) is 0 Å². The maximum Gasteiger partial charge on any atom is 0.262 e. The van der Waals surface area contributed by atoms with Crippen molar-refractivity contribution in [2.45, 2.75) is 12.1 Å². The van der Waals surface area contributed by atoms with Gasteiger partial charge in [0, 0.05) is 0 Å². The fourth-order valence-corrected chi connectivity index (χ4v) is 3.48. The second-order valence-electron chi connectivity index (χ2n) is 6.27. The van der Waals surface area contributed by atoms with Crippen LogP contribution in [0.25, 0.3) is 16.7 Å². The van der Waals surface area contributed by atoms with E-state index in [-0.39, 0.29) is 22.2 Å². The number of aromatic amines is 1. The molecule has 0 saturated heterocycles. The number of carbonyl (C=O) groups excluding carboxylic acids is 1. The molecule has 2 aromatic heterocycles. The monoisotopic (exact) mass is 409 g/mol. The van der Waals surface area contributed by atoms with Gasteiger partial charge in [0.2, 0.25) is 5.91 Å². The van der Waals surface area contributed by atoms with Crippen LogP contribution in [0, 0.1) is 12.7 Å². The maximum atomic E-state index is 13.7. The summed E-state index contributed by atoms with van der Waals surface area (Å²) in [5.41, 5.74) is 1.96. The average molecular weight is 409 g/mol. The van der Waals surface area contributed by atoms with Crippen molar-refractivity contribution >= 4 is 34.4 Å². The summed E-state index contributed by atoms with van der Waals surface area (Å²) in [6.45, 7) is 1.94. The molecule has 0 bridgehead atoms. The zero-order valence-corrected chi connectivity index (χ0v) is 16.2. The number of anilines is 1. The van der Waals surface area contributed by atoms with Gasteiger partial charge in [-0.3, -0.25) is 9.59 Å². The number of aryl methyl sites for hydroxylation is 1. The Bertz CT molecular complexity index is 1270. The van der Waals surface area contributed by atoms with Gasteiger partial charge in [-0.1, -0.05) is 42.1 Å². The molecule has 0 aliphatic heterocycles. The molecule has 0 spiro atoms. The molecule has 4 aromatic rings. The minimum absolute atomic E-state index is 0.0404. The first kappa shape index (κ1) is 18.9. The predicted molar refractivity (Wildman–Crippen MR) is 110 cm³/mol. The fourth-order valence-electron chi connectivity index (χ4n) is 2.83. The van der Waals surface area contributed by atoms with E-state index in [0.717, 1.165) is 23.0 Å². The SMILES string of the molecule is Cc1ccccc1-n1ncc2c(=O)[nH]c(SCC(=O)Nc3ccccc3F)nc21. The number of halogens is 1. The molecule has 9 heteroatoms. The van der Waals surface area contributed by atoms with Gasteiger partial charge < -0.3 is 10.3 Å². The van der Waals surface area contributed by atoms with Crippen LogP contribution in [-0.4, -0.2) is 31.4 Å². The lowest BCUT2D eigenvalue weighted by atomic mass is 10.2. The van der Waals surface area contributed by atoms with Crippen LogP contribution in [-0.2, 0) is 4.79 Å². The Hall–Kier alpha value is -3.46. The van der Waals surface area contributed by atoms with Gasteiger partial charge in [-0.15, -0.1) is 0 Å². The van der Waals surface area contributed by atoms with Gasteiger partial charge in [0.05, 0.1) is 23.3 Å². The molecule has 2 heterocycles. The molecular weight excluding hydrogens is 393 g/mol. The summed E-state index contributed by atoms with van der Waals surface area (Å²) in [5.74, 6) is -0.961. The first-order valence-corrected chi connectivity index (χ1v) is 9.73. The van der Waals surface area contributed by atoms with E-state index in [1.165, 1.54) is 18.3 Å². The van der Waals surface area contributed by atoms with Crippen molar-refractivity contribution < 1.29 is 9.18 Å². The molecule has 4 rings (SSSR count). The van der Waals surface area contributed by atoms with Crippen molar-refractivity contribution in [1.82, 2.24) is 19.7 Å². The first-order chi connectivity index (χ1) is 14.0. The van der Waals surface area contributed by atoms with E-state index in [1.54, 1.807) is 16.8 Å². The molecular formula is C20H16FN5O2S. The first-order valence-electron chi connectivity index (χ1n) is 8.74. The molecule has 0 saturated carbocycles. The van der Waals surface area contributed by atoms with Crippen LogP contribution in [0.15, 0.2) is 64.7 Å². The minimum atomic E-state index is -0.513. The lowest BCUT2D eigenvalue weighted by molar-refractivity contribution is -0.113. The number of rotatable bonds is 5. The standard InChI is InChI=1S/C20H16FN5O2S/c1-12-6-2-5-9-16(12)26-18-13(10-22-26)19(28)25-20(24-18)29-11-17(27)23-15-8-4-3-7-14(15)21/h2-10H,11H2,1H3,(H,23,27)(H,24,25,28). The number of aromatic nitrogens is 4. The predicted octanol–water partition coefficient (Wildman–Crippen LogP) is 3.29. The van der Waals surface area contributed by atoms with E-state index in [0.29, 0.717) is 11.0 Å². The Morgan fingerprint density at radius 2 is 1.97 bits per heavy atom. The third-order valence-corrected chi connectivity index (χ3v) is 5.12. The molecule has 0 aliphatic rings. The van der Waals surface area contributed by atoms with E-state index in [1.807, 2.05) is 31.2 Å². The molecule has 0 radical (unpaired) electrons. The highest BCUT2D eigenvalue weighted by Crippen LogP contribution is 2.20. The second kappa shape index (κ2) is 7.88. The summed E-state index contributed by atoms with van der Waals surface area (Å²) in [4.78, 5) is 31.6. The molecule has 2 aromatic carbocycles. The van der Waals surface area contributed by atoms with Crippen molar-refractivity contribution in [2.24, 2.45) is 0 Å². The van der Waals surface area contributed by atoms with Gasteiger partial charge in [0.25, 0.3) is 5.56 Å². The number of fused-ring (bicyclic) bond motifs is 1. The lowest BCUT2D eigenvalue weighted by Gasteiger charge is -2.08. The van der Waals surface area contributed by atoms with Gasteiger partial charge in [0.15, 0.2) is 10.8 Å². The van der Waals surface area contributed by atoms with E-state index >= 15 is 0 Å². The lowest BCUT2D eigenvalue weighted by Crippen LogP contribution is -2.16. The number of benzene rings is 2. The van der Waals surface area contributed by atoms with Crippen LogP contribution in [0.1, 0.15) is 5.56 Å². The molecule has 146 valence electrons. The van der Waals surface area contributed by atoms with Crippen LogP contribution in [0.4, 0.5) is 10.1 Å². The van der Waals surface area contributed by atoms with Crippen molar-refractivity contribution in [3.63, 3.8) is 0 Å². The fraction of sp³-hybridized carbons (Fsp3) is 0.100. The number of nitrogens with zero attached hydrogens (tertiary/aromatic N) is 3. The zero-order chi connectivity index (χ0) is 20.4. The Labute approximate surface area is 169 Å². The van der Waals surface area contributed by atoms with E-state index in [4.69, 9.17) is 0 Å². The van der Waals surface area contributed by atoms with Crippen LogP contribution < -0.4 is 10.9 Å². The molecule has 29 heavy (non-hydrogen) atoms. The normalized spacial score (nSPS) is 11.0. The molecule has 0 unspecified atom stereocenters. The maximum absolute atomic E-state index is 13.7. The summed E-state index contributed by atoms with van der Waals surface area (Å²) in [6, 6.07) is 13.5. The highest BCUT2D eigenvalue weighted by molar-refractivity contribution is 7.99. The van der Waals surface area contributed by atoms with Gasteiger partial charge >= 0.3 is 0 Å². The topological polar surface area (TPSA) is 92.7 Å². The zero-order valence-electron chi connectivity index (χ0n) is 15.3. The van der Waals surface area contributed by atoms with Crippen molar-refractivity contribution in [1.29, 1.82) is 0 Å². The number of amides is 1. The van der Waals surface area contributed by atoms with Gasteiger partial charge in [-0.25, -0.2) is 14.1 Å². The van der Waals surface area contributed by atoms with Crippen LogP contribution in [0.3, 0.4) is 0 Å². The van der Waals surface area contributed by atoms with E-state index < -0.39 is 11.7 Å². The molecule has 7 nitrogen and oxygen atoms in total. The summed E-state index contributed by atoms with van der Waals surface area (Å²) >= 11 is 1.05. The number of hydrogen-bond donors (Lipinski definition) is 2. The molecule has 2 N–H and O–H groups in total. The van der Waals surface area contributed by atoms with Gasteiger partial charge in [-0.2, -0.15) is 5.10 Å². The number of para-hydroxylation sites is 2. The Morgan fingerprint density at radius 1 is 1.21 bits per heavy atom. The Balaban J connectivity index is 1.58. The van der Waals surface area contributed by atoms with Crippen molar-refractivity contribution in [3.05, 3.63) is 76.5 Å². The van der Waals surface area contributed by atoms with Crippen LogP contribution >= 0.6 is 11.8 Å². The van der Waals surface area contributed by atoms with Crippen molar-refractivity contribution in [2.75, 3.05) is 11.1 Å². The Morgan fingerprint density at radius 3 is 2.76 bits per heavy atom. The van der Waals surface area contributed by atoms with Gasteiger partial charge in [0.1, 0.15) is 11.2 Å². The van der Waals surface area contributed by atoms with E-state index in [2.05, 4.69) is 20.4 Å². The van der Waals surface area contributed by atoms with Crippen molar-refractivity contribution in [3.8, 4) is 5.69 Å². The highest BCUT2D eigenvalue weighted by Gasteiger charge is 2.14. The molecule has 0 aliphatic carbocycles. The number of H-pyrrole nitrogens is 1. The third-order valence-electron chi connectivity index (χ3n) is 4.25.